The van der Waals surface area contributed by atoms with Crippen LogP contribution in [0.3, 0.4) is 0 Å². The van der Waals surface area contributed by atoms with Crippen molar-refractivity contribution in [1.82, 2.24) is 25.5 Å². The fourth-order valence-corrected chi connectivity index (χ4v) is 3.38. The number of nitrogens with zero attached hydrogens (tertiary/aromatic N) is 4. The molecule has 1 aromatic heterocycles. The van der Waals surface area contributed by atoms with Crippen LogP contribution in [0.15, 0.2) is 5.16 Å². The Labute approximate surface area is 122 Å². The number of hydrogen-bond acceptors (Lipinski definition) is 6. The molecule has 0 saturated heterocycles. The number of carboxylic acid groups (broad SMARTS) is 1. The lowest BCUT2D eigenvalue weighted by atomic mass is 10.3. The molecule has 1 unspecified atom stereocenters. The highest BCUT2D eigenvalue weighted by molar-refractivity contribution is 7.99. The van der Waals surface area contributed by atoms with Gasteiger partial charge in [-0.25, -0.2) is 4.68 Å². The molecule has 2 N–H and O–H groups in total. The zero-order chi connectivity index (χ0) is 14.5. The summed E-state index contributed by atoms with van der Waals surface area (Å²) in [6.07, 6.45) is 4.62. The van der Waals surface area contributed by atoms with Crippen molar-refractivity contribution >= 4 is 17.7 Å². The van der Waals surface area contributed by atoms with Gasteiger partial charge in [0.25, 0.3) is 0 Å². The van der Waals surface area contributed by atoms with Crippen molar-refractivity contribution < 1.29 is 9.90 Å². The molecule has 0 aliphatic heterocycles. The third-order valence-corrected chi connectivity index (χ3v) is 4.37. The van der Waals surface area contributed by atoms with Gasteiger partial charge in [0.05, 0.1) is 6.04 Å². The number of aromatic nitrogens is 4. The van der Waals surface area contributed by atoms with Crippen LogP contribution in [0.2, 0.25) is 0 Å². The van der Waals surface area contributed by atoms with Gasteiger partial charge in [0.2, 0.25) is 5.16 Å². The van der Waals surface area contributed by atoms with Gasteiger partial charge >= 0.3 is 5.97 Å². The van der Waals surface area contributed by atoms with Crippen LogP contribution in [0.5, 0.6) is 0 Å². The third kappa shape index (κ3) is 3.92. The lowest BCUT2D eigenvalue weighted by Crippen LogP contribution is -2.42. The second kappa shape index (κ2) is 7.03. The number of carbonyl (C=O) groups is 1. The van der Waals surface area contributed by atoms with E-state index < -0.39 is 12.0 Å². The minimum Gasteiger partial charge on any atom is -0.480 e. The number of carboxylic acids is 1. The Kier molecular flexibility index (Phi) is 5.36. The van der Waals surface area contributed by atoms with Gasteiger partial charge in [-0.1, -0.05) is 38.5 Å². The minimum atomic E-state index is -0.842. The van der Waals surface area contributed by atoms with Gasteiger partial charge in [-0.3, -0.25) is 4.79 Å². The quantitative estimate of drug-likeness (QED) is 0.734. The second-order valence-electron chi connectivity index (χ2n) is 5.37. The van der Waals surface area contributed by atoms with Gasteiger partial charge in [-0.2, -0.15) is 0 Å². The Morgan fingerprint density at radius 2 is 2.20 bits per heavy atom. The standard InChI is InChI=1S/C12H21N5O2S/c1-8(2)13-10(11(18)19)7-20-12-14-15-16-17(12)9-5-3-4-6-9/h8-10,13H,3-7H2,1-2H3,(H,18,19). The van der Waals surface area contributed by atoms with Crippen LogP contribution in [0, 0.1) is 0 Å². The lowest BCUT2D eigenvalue weighted by molar-refractivity contribution is -0.139. The molecule has 0 aromatic carbocycles. The number of hydrogen-bond donors (Lipinski definition) is 2. The molecule has 0 spiro atoms. The van der Waals surface area contributed by atoms with Gasteiger partial charge in [0.15, 0.2) is 0 Å². The topological polar surface area (TPSA) is 92.9 Å². The van der Waals surface area contributed by atoms with E-state index in [1.165, 1.54) is 24.6 Å². The van der Waals surface area contributed by atoms with E-state index in [-0.39, 0.29) is 6.04 Å². The average Bonchev–Trinajstić information content (AvgIpc) is 3.03. The molecule has 0 bridgehead atoms. The molecule has 20 heavy (non-hydrogen) atoms. The largest absolute Gasteiger partial charge is 0.480 e. The van der Waals surface area contributed by atoms with E-state index in [1.54, 1.807) is 0 Å². The van der Waals surface area contributed by atoms with Crippen molar-refractivity contribution in [3.63, 3.8) is 0 Å². The van der Waals surface area contributed by atoms with Gasteiger partial charge in [-0.15, -0.1) is 5.10 Å². The molecule has 0 amide bonds. The first-order chi connectivity index (χ1) is 9.58. The maximum atomic E-state index is 11.2. The molecule has 0 radical (unpaired) electrons. The van der Waals surface area contributed by atoms with E-state index in [0.717, 1.165) is 12.8 Å². The summed E-state index contributed by atoms with van der Waals surface area (Å²) in [6.45, 7) is 3.87. The Morgan fingerprint density at radius 3 is 2.80 bits per heavy atom. The second-order valence-corrected chi connectivity index (χ2v) is 6.35. The SMILES string of the molecule is CC(C)NC(CSc1nnnn1C1CCCC1)C(=O)O. The fraction of sp³-hybridized carbons (Fsp3) is 0.833. The first-order valence-electron chi connectivity index (χ1n) is 6.97. The molecule has 1 aliphatic rings. The minimum absolute atomic E-state index is 0.127. The zero-order valence-electron chi connectivity index (χ0n) is 11.8. The molecule has 1 aliphatic carbocycles. The average molecular weight is 299 g/mol. The van der Waals surface area contributed by atoms with E-state index >= 15 is 0 Å². The van der Waals surface area contributed by atoms with Crippen molar-refractivity contribution in [2.75, 3.05) is 5.75 Å². The summed E-state index contributed by atoms with van der Waals surface area (Å²) in [5, 5.41) is 24.7. The van der Waals surface area contributed by atoms with Crippen molar-refractivity contribution in [2.45, 2.75) is 62.8 Å². The smallest absolute Gasteiger partial charge is 0.321 e. The maximum Gasteiger partial charge on any atom is 0.321 e. The van der Waals surface area contributed by atoms with Crippen molar-refractivity contribution in [1.29, 1.82) is 0 Å². The van der Waals surface area contributed by atoms with E-state index in [9.17, 15) is 9.90 Å². The molecule has 7 nitrogen and oxygen atoms in total. The molecule has 1 saturated carbocycles. The summed E-state index contributed by atoms with van der Waals surface area (Å²) in [7, 11) is 0. The van der Waals surface area contributed by atoms with Crippen LogP contribution >= 0.6 is 11.8 Å². The molecule has 1 heterocycles. The summed E-state index contributed by atoms with van der Waals surface area (Å²) in [6, 6.07) is -0.0925. The number of aliphatic carboxylic acids is 1. The maximum absolute atomic E-state index is 11.2. The summed E-state index contributed by atoms with van der Waals surface area (Å²) in [5.41, 5.74) is 0. The van der Waals surface area contributed by atoms with E-state index in [1.807, 2.05) is 18.5 Å². The van der Waals surface area contributed by atoms with Gasteiger partial charge < -0.3 is 10.4 Å². The fourth-order valence-electron chi connectivity index (χ4n) is 2.41. The molecule has 1 fully saturated rings. The molecular weight excluding hydrogens is 278 g/mol. The lowest BCUT2D eigenvalue weighted by Gasteiger charge is -2.17. The zero-order valence-corrected chi connectivity index (χ0v) is 12.6. The molecule has 2 rings (SSSR count). The Morgan fingerprint density at radius 1 is 1.50 bits per heavy atom. The van der Waals surface area contributed by atoms with E-state index in [2.05, 4.69) is 20.8 Å². The highest BCUT2D eigenvalue weighted by atomic mass is 32.2. The summed E-state index contributed by atoms with van der Waals surface area (Å²) >= 11 is 1.40. The highest BCUT2D eigenvalue weighted by Gasteiger charge is 2.24. The summed E-state index contributed by atoms with van der Waals surface area (Å²) < 4.78 is 1.85. The first kappa shape index (κ1) is 15.2. The first-order valence-corrected chi connectivity index (χ1v) is 7.96. The normalized spacial score (nSPS) is 17.8. The van der Waals surface area contributed by atoms with E-state index in [4.69, 9.17) is 0 Å². The summed E-state index contributed by atoms with van der Waals surface area (Å²) in [5.74, 6) is -0.424. The number of nitrogens with one attached hydrogen (secondary N) is 1. The van der Waals surface area contributed by atoms with Crippen LogP contribution in [0.25, 0.3) is 0 Å². The molecular formula is C12H21N5O2S. The molecule has 112 valence electrons. The highest BCUT2D eigenvalue weighted by Crippen LogP contribution is 2.31. The Hall–Kier alpha value is -1.15. The predicted octanol–water partition coefficient (Wildman–Crippen LogP) is 1.33. The number of tetrazole rings is 1. The third-order valence-electron chi connectivity index (χ3n) is 3.34. The van der Waals surface area contributed by atoms with Crippen LogP contribution in [0.4, 0.5) is 0 Å². The number of thioether (sulfide) groups is 1. The Balaban J connectivity index is 1.95. The van der Waals surface area contributed by atoms with Crippen molar-refractivity contribution in [3.05, 3.63) is 0 Å². The monoisotopic (exact) mass is 299 g/mol. The van der Waals surface area contributed by atoms with Crippen LogP contribution < -0.4 is 5.32 Å². The van der Waals surface area contributed by atoms with Gasteiger partial charge in [0, 0.05) is 11.8 Å². The number of rotatable bonds is 7. The Bertz CT molecular complexity index is 445. The van der Waals surface area contributed by atoms with Crippen LogP contribution in [0.1, 0.15) is 45.6 Å². The van der Waals surface area contributed by atoms with Crippen LogP contribution in [-0.4, -0.2) is 49.1 Å². The molecule has 1 aromatic rings. The van der Waals surface area contributed by atoms with Crippen LogP contribution in [-0.2, 0) is 4.79 Å². The van der Waals surface area contributed by atoms with E-state index in [0.29, 0.717) is 17.0 Å². The molecule has 1 atom stereocenters. The van der Waals surface area contributed by atoms with Crippen molar-refractivity contribution in [3.8, 4) is 0 Å². The predicted molar refractivity (Wildman–Crippen MR) is 75.7 cm³/mol. The van der Waals surface area contributed by atoms with Crippen molar-refractivity contribution in [2.24, 2.45) is 0 Å². The van der Waals surface area contributed by atoms with Gasteiger partial charge in [-0.05, 0) is 23.3 Å². The summed E-state index contributed by atoms with van der Waals surface area (Å²) in [4.78, 5) is 11.2. The van der Waals surface area contributed by atoms with Gasteiger partial charge in [0.1, 0.15) is 6.04 Å². The molecule has 8 heteroatoms.